The van der Waals surface area contributed by atoms with E-state index >= 15 is 0 Å². The highest BCUT2D eigenvalue weighted by atomic mass is 16.5. The molecule has 29 heavy (non-hydrogen) atoms. The van der Waals surface area contributed by atoms with Gasteiger partial charge in [0.15, 0.2) is 11.4 Å². The highest BCUT2D eigenvalue weighted by Gasteiger charge is 2.14. The molecule has 0 aliphatic heterocycles. The molecule has 0 radical (unpaired) electrons. The van der Waals surface area contributed by atoms with Crippen LogP contribution < -0.4 is 10.1 Å². The van der Waals surface area contributed by atoms with Crippen molar-refractivity contribution >= 4 is 11.6 Å². The monoisotopic (exact) mass is 388 g/mol. The van der Waals surface area contributed by atoms with Gasteiger partial charge < -0.3 is 15.2 Å². The van der Waals surface area contributed by atoms with Crippen molar-refractivity contribution in [3.05, 3.63) is 72.8 Å². The van der Waals surface area contributed by atoms with E-state index in [2.05, 4.69) is 25.5 Å². The molecule has 3 aromatic heterocycles. The van der Waals surface area contributed by atoms with Gasteiger partial charge in [-0.05, 0) is 36.4 Å². The van der Waals surface area contributed by atoms with E-state index in [4.69, 9.17) is 4.74 Å². The van der Waals surface area contributed by atoms with Crippen molar-refractivity contribution in [1.29, 1.82) is 0 Å². The van der Waals surface area contributed by atoms with Crippen molar-refractivity contribution in [1.82, 2.24) is 25.0 Å². The first kappa shape index (κ1) is 18.1. The van der Waals surface area contributed by atoms with Gasteiger partial charge in [0.25, 0.3) is 5.91 Å². The minimum Gasteiger partial charge on any atom is -0.505 e. The number of aromatic hydroxyl groups is 1. The average molecular weight is 388 g/mol. The third kappa shape index (κ3) is 3.74. The minimum atomic E-state index is -0.512. The zero-order valence-corrected chi connectivity index (χ0v) is 15.4. The van der Waals surface area contributed by atoms with Gasteiger partial charge in [0.2, 0.25) is 5.82 Å². The first-order chi connectivity index (χ1) is 14.2. The van der Waals surface area contributed by atoms with E-state index in [0.29, 0.717) is 22.9 Å². The van der Waals surface area contributed by atoms with Crippen LogP contribution in [0.3, 0.4) is 0 Å². The quantitative estimate of drug-likeness (QED) is 0.540. The Morgan fingerprint density at radius 2 is 1.93 bits per heavy atom. The number of aromatic nitrogens is 5. The highest BCUT2D eigenvalue weighted by Crippen LogP contribution is 2.24. The first-order valence-corrected chi connectivity index (χ1v) is 8.63. The number of anilines is 1. The molecule has 1 amide bonds. The van der Waals surface area contributed by atoms with Gasteiger partial charge in [0.05, 0.1) is 13.3 Å². The third-order valence-corrected chi connectivity index (χ3v) is 4.07. The van der Waals surface area contributed by atoms with Crippen LogP contribution in [0.2, 0.25) is 0 Å². The molecule has 0 saturated carbocycles. The van der Waals surface area contributed by atoms with Crippen molar-refractivity contribution in [2.75, 3.05) is 12.4 Å². The lowest BCUT2D eigenvalue weighted by Gasteiger charge is -2.07. The lowest BCUT2D eigenvalue weighted by Crippen LogP contribution is -2.13. The van der Waals surface area contributed by atoms with Crippen LogP contribution in [0.15, 0.2) is 67.1 Å². The molecule has 0 fully saturated rings. The van der Waals surface area contributed by atoms with Gasteiger partial charge in [-0.2, -0.15) is 5.10 Å². The fraction of sp³-hybridized carbons (Fsp3) is 0.0500. The SMILES string of the molecule is COc1cccnc1-n1ncc(-c2cccc(NC(=O)c3ncccc3O)c2)n1. The molecule has 9 heteroatoms. The molecular formula is C20H16N6O3. The zero-order valence-electron chi connectivity index (χ0n) is 15.4. The number of benzene rings is 1. The summed E-state index contributed by atoms with van der Waals surface area (Å²) in [7, 11) is 1.55. The van der Waals surface area contributed by atoms with Gasteiger partial charge in [-0.25, -0.2) is 9.97 Å². The fourth-order valence-electron chi connectivity index (χ4n) is 2.71. The Morgan fingerprint density at radius 3 is 2.76 bits per heavy atom. The van der Waals surface area contributed by atoms with Gasteiger partial charge in [0.1, 0.15) is 11.4 Å². The van der Waals surface area contributed by atoms with Crippen molar-refractivity contribution < 1.29 is 14.6 Å². The number of nitrogens with zero attached hydrogens (tertiary/aromatic N) is 5. The zero-order chi connectivity index (χ0) is 20.2. The van der Waals surface area contributed by atoms with Gasteiger partial charge in [-0.3, -0.25) is 4.79 Å². The fourth-order valence-corrected chi connectivity index (χ4v) is 2.71. The van der Waals surface area contributed by atoms with Gasteiger partial charge in [-0.15, -0.1) is 9.90 Å². The maximum Gasteiger partial charge on any atom is 0.278 e. The highest BCUT2D eigenvalue weighted by molar-refractivity contribution is 6.04. The summed E-state index contributed by atoms with van der Waals surface area (Å²) in [6, 6.07) is 13.6. The van der Waals surface area contributed by atoms with Crippen molar-refractivity contribution in [2.24, 2.45) is 0 Å². The van der Waals surface area contributed by atoms with E-state index in [1.165, 1.54) is 17.1 Å². The number of carbonyl (C=O) groups excluding carboxylic acids is 1. The molecule has 4 aromatic rings. The predicted octanol–water partition coefficient (Wildman–Crippen LogP) is 2.69. The molecule has 144 valence electrons. The van der Waals surface area contributed by atoms with Gasteiger partial charge in [-0.1, -0.05) is 12.1 Å². The van der Waals surface area contributed by atoms with E-state index in [9.17, 15) is 9.90 Å². The lowest BCUT2D eigenvalue weighted by atomic mass is 10.1. The maximum absolute atomic E-state index is 12.4. The van der Waals surface area contributed by atoms with Crippen LogP contribution >= 0.6 is 0 Å². The number of methoxy groups -OCH3 is 1. The topological polar surface area (TPSA) is 115 Å². The Kier molecular flexibility index (Phi) is 4.85. The summed E-state index contributed by atoms with van der Waals surface area (Å²) in [5, 5.41) is 21.2. The molecule has 0 unspecified atom stereocenters. The van der Waals surface area contributed by atoms with Crippen molar-refractivity contribution in [2.45, 2.75) is 0 Å². The number of carbonyl (C=O) groups is 1. The second kappa shape index (κ2) is 7.77. The maximum atomic E-state index is 12.4. The molecule has 3 heterocycles. The second-order valence-electron chi connectivity index (χ2n) is 5.95. The molecule has 1 aromatic carbocycles. The van der Waals surface area contributed by atoms with Gasteiger partial charge in [0, 0.05) is 23.6 Å². The Bertz CT molecular complexity index is 1170. The number of hydrogen-bond acceptors (Lipinski definition) is 7. The van der Waals surface area contributed by atoms with Crippen molar-refractivity contribution in [3.63, 3.8) is 0 Å². The summed E-state index contributed by atoms with van der Waals surface area (Å²) >= 11 is 0. The standard InChI is InChI=1S/C20H16N6O3/c1-29-17-8-4-10-22-19(17)26-23-12-15(25-26)13-5-2-6-14(11-13)24-20(28)18-16(27)7-3-9-21-18/h2-12,27H,1H3,(H,24,28). The van der Waals surface area contributed by atoms with Crippen LogP contribution in [0.1, 0.15) is 10.5 Å². The summed E-state index contributed by atoms with van der Waals surface area (Å²) in [4.78, 5) is 21.9. The van der Waals surface area contributed by atoms with E-state index in [1.807, 2.05) is 6.07 Å². The summed E-state index contributed by atoms with van der Waals surface area (Å²) in [6.45, 7) is 0. The van der Waals surface area contributed by atoms with E-state index in [-0.39, 0.29) is 11.4 Å². The number of amides is 1. The van der Waals surface area contributed by atoms with Crippen LogP contribution in [0.5, 0.6) is 11.5 Å². The number of pyridine rings is 2. The lowest BCUT2D eigenvalue weighted by molar-refractivity contribution is 0.101. The molecule has 0 aliphatic carbocycles. The van der Waals surface area contributed by atoms with Crippen LogP contribution in [0.25, 0.3) is 17.1 Å². The minimum absolute atomic E-state index is 0.0499. The van der Waals surface area contributed by atoms with E-state index < -0.39 is 5.91 Å². The average Bonchev–Trinajstić information content (AvgIpc) is 3.24. The molecule has 0 atom stereocenters. The van der Waals surface area contributed by atoms with Crippen molar-refractivity contribution in [3.8, 4) is 28.6 Å². The third-order valence-electron chi connectivity index (χ3n) is 4.07. The molecule has 0 bridgehead atoms. The molecular weight excluding hydrogens is 372 g/mol. The predicted molar refractivity (Wildman–Crippen MR) is 105 cm³/mol. The summed E-state index contributed by atoms with van der Waals surface area (Å²) < 4.78 is 5.29. The normalized spacial score (nSPS) is 10.5. The summed E-state index contributed by atoms with van der Waals surface area (Å²) in [5.41, 5.74) is 1.82. The Morgan fingerprint density at radius 1 is 1.10 bits per heavy atom. The van der Waals surface area contributed by atoms with Crippen LogP contribution in [0.4, 0.5) is 5.69 Å². The molecule has 0 saturated heterocycles. The van der Waals surface area contributed by atoms with Crippen LogP contribution in [-0.4, -0.2) is 43.1 Å². The molecule has 0 spiro atoms. The molecule has 0 aliphatic rings. The Labute approximate surface area is 165 Å². The number of hydrogen-bond donors (Lipinski definition) is 2. The summed E-state index contributed by atoms with van der Waals surface area (Å²) in [6.07, 6.45) is 4.67. The number of ether oxygens (including phenoxy) is 1. The second-order valence-corrected chi connectivity index (χ2v) is 5.95. The first-order valence-electron chi connectivity index (χ1n) is 8.63. The Balaban J connectivity index is 1.59. The molecule has 9 nitrogen and oxygen atoms in total. The summed E-state index contributed by atoms with van der Waals surface area (Å²) in [5.74, 6) is 0.317. The smallest absolute Gasteiger partial charge is 0.278 e. The van der Waals surface area contributed by atoms with E-state index in [0.717, 1.165) is 5.56 Å². The Hall–Kier alpha value is -4.27. The van der Waals surface area contributed by atoms with Crippen LogP contribution in [0, 0.1) is 0 Å². The number of nitrogens with one attached hydrogen (secondary N) is 1. The molecule has 4 rings (SSSR count). The number of rotatable bonds is 5. The largest absolute Gasteiger partial charge is 0.505 e. The van der Waals surface area contributed by atoms with Gasteiger partial charge >= 0.3 is 0 Å². The van der Waals surface area contributed by atoms with E-state index in [1.54, 1.807) is 55.9 Å². The van der Waals surface area contributed by atoms with Crippen LogP contribution in [-0.2, 0) is 0 Å². The molecule has 2 N–H and O–H groups in total.